The zero-order chi connectivity index (χ0) is 39.5. The first-order valence-electron chi connectivity index (χ1n) is 21.9. The van der Waals surface area contributed by atoms with Gasteiger partial charge in [0.15, 0.2) is 11.5 Å². The van der Waals surface area contributed by atoms with Crippen LogP contribution in [0.15, 0.2) is 12.7 Å². The van der Waals surface area contributed by atoms with Gasteiger partial charge in [-0.2, -0.15) is 0 Å². The summed E-state index contributed by atoms with van der Waals surface area (Å²) < 4.78 is 33.7. The Balaban J connectivity index is 1.60. The van der Waals surface area contributed by atoms with Crippen molar-refractivity contribution in [2.75, 3.05) is 48.3 Å². The Labute approximate surface area is 352 Å². The topological polar surface area (TPSA) is 114 Å². The number of hydrogen-bond donors (Lipinski definition) is 1. The predicted molar refractivity (Wildman–Crippen MR) is 247 cm³/mol. The van der Waals surface area contributed by atoms with Crippen LogP contribution in [0.25, 0.3) is 11.2 Å². The van der Waals surface area contributed by atoms with Gasteiger partial charge in [0.25, 0.3) is 0 Å². The smallest absolute Gasteiger partial charge is 0.356 e. The summed E-state index contributed by atoms with van der Waals surface area (Å²) in [6.45, 7) is 7.71. The normalized spacial score (nSPS) is 12.6. The van der Waals surface area contributed by atoms with Gasteiger partial charge in [-0.15, -0.1) is 0 Å². The van der Waals surface area contributed by atoms with Gasteiger partial charge in [-0.3, -0.25) is 4.57 Å². The number of unbranched alkanes of at least 4 members (excludes halogenated alkanes) is 22. The maximum absolute atomic E-state index is 13.8. The molecule has 0 aliphatic rings. The van der Waals surface area contributed by atoms with Gasteiger partial charge in [-0.05, 0) is 19.8 Å². The molecule has 2 heterocycles. The van der Waals surface area contributed by atoms with E-state index in [2.05, 4.69) is 28.8 Å². The van der Waals surface area contributed by atoms with Crippen LogP contribution in [-0.4, -0.2) is 68.2 Å². The van der Waals surface area contributed by atoms with E-state index >= 15 is 0 Å². The van der Waals surface area contributed by atoms with Crippen LogP contribution in [0.4, 0.5) is 5.82 Å². The summed E-state index contributed by atoms with van der Waals surface area (Å²) in [5, 5.41) is 0. The zero-order valence-electron chi connectivity index (χ0n) is 34.9. The Bertz CT molecular complexity index is 1170. The highest BCUT2D eigenvalue weighted by Crippen LogP contribution is 2.49. The highest BCUT2D eigenvalue weighted by Gasteiger charge is 2.26. The maximum atomic E-state index is 13.8. The Hall–Kier alpha value is -0.140. The number of imidazole rings is 1. The van der Waals surface area contributed by atoms with E-state index in [0.29, 0.717) is 36.7 Å². The van der Waals surface area contributed by atoms with Crippen molar-refractivity contribution in [3.05, 3.63) is 12.7 Å². The molecule has 14 heteroatoms. The Morgan fingerprint density at radius 1 is 0.618 bits per heavy atom. The van der Waals surface area contributed by atoms with Crippen molar-refractivity contribution < 1.29 is 18.3 Å². The first-order valence-corrected chi connectivity index (χ1v) is 28.6. The molecular weight excluding hydrogens is 786 g/mol. The lowest BCUT2D eigenvalue weighted by atomic mass is 10.1. The van der Waals surface area contributed by atoms with Crippen LogP contribution in [0, 0.1) is 0 Å². The van der Waals surface area contributed by atoms with Crippen molar-refractivity contribution in [2.45, 2.75) is 188 Å². The number of aromatic nitrogens is 4. The molecule has 2 aromatic heterocycles. The molecule has 0 fully saturated rings. The summed E-state index contributed by atoms with van der Waals surface area (Å²) in [4.78, 5) is 12.7. The van der Waals surface area contributed by atoms with Crippen LogP contribution in [0.2, 0.25) is 0 Å². The molecule has 0 bridgehead atoms. The van der Waals surface area contributed by atoms with E-state index in [4.69, 9.17) is 19.5 Å². The molecule has 0 aliphatic carbocycles. The highest BCUT2D eigenvalue weighted by molar-refractivity contribution is 8.77. The number of nitrogens with zero attached hydrogens (tertiary/aromatic N) is 4. The number of rotatable bonds is 41. The minimum atomic E-state index is -3.44. The SMILES string of the molecule is CCCCCCCCCCCCCCSSCCOP(=O)(CO[C@H](C)Cn1cnc2c(N)ncnc21)OCCSSCCCCCCCCCCCCCC. The third kappa shape index (κ3) is 27.3. The van der Waals surface area contributed by atoms with Crippen LogP contribution in [0.1, 0.15) is 175 Å². The molecule has 0 aromatic carbocycles. The van der Waals surface area contributed by atoms with Crippen molar-refractivity contribution in [1.82, 2.24) is 19.5 Å². The maximum Gasteiger partial charge on any atom is 0.356 e. The Kier molecular flexibility index (Phi) is 33.2. The van der Waals surface area contributed by atoms with E-state index in [1.807, 2.05) is 33.1 Å². The summed E-state index contributed by atoms with van der Waals surface area (Å²) in [6.07, 6.45) is 35.6. The second kappa shape index (κ2) is 35.8. The van der Waals surface area contributed by atoms with Crippen LogP contribution in [-0.2, 0) is 24.9 Å². The zero-order valence-corrected chi connectivity index (χ0v) is 39.1. The summed E-state index contributed by atoms with van der Waals surface area (Å²) in [5.74, 6) is 4.16. The van der Waals surface area contributed by atoms with Gasteiger partial charge in [-0.25, -0.2) is 15.0 Å². The molecule has 0 saturated heterocycles. The van der Waals surface area contributed by atoms with E-state index in [1.54, 1.807) is 27.9 Å². The van der Waals surface area contributed by atoms with E-state index in [9.17, 15) is 4.57 Å². The quantitative estimate of drug-likeness (QED) is 0.0390. The largest absolute Gasteiger partial charge is 0.382 e. The van der Waals surface area contributed by atoms with Gasteiger partial charge >= 0.3 is 7.60 Å². The third-order valence-corrected chi connectivity index (χ3v) is 16.2. The fourth-order valence-electron chi connectivity index (χ4n) is 6.35. The van der Waals surface area contributed by atoms with Gasteiger partial charge in [0.2, 0.25) is 0 Å². The van der Waals surface area contributed by atoms with Crippen LogP contribution in [0.3, 0.4) is 0 Å². The average Bonchev–Trinajstić information content (AvgIpc) is 3.60. The fourth-order valence-corrected chi connectivity index (χ4v) is 11.9. The van der Waals surface area contributed by atoms with E-state index in [0.717, 1.165) is 23.0 Å². The van der Waals surface area contributed by atoms with Crippen molar-refractivity contribution in [3.8, 4) is 0 Å². The molecule has 0 saturated carbocycles. The molecule has 320 valence electrons. The van der Waals surface area contributed by atoms with Gasteiger partial charge in [-0.1, -0.05) is 198 Å². The number of nitrogens with two attached hydrogens (primary N) is 1. The first-order chi connectivity index (χ1) is 27.0. The summed E-state index contributed by atoms with van der Waals surface area (Å²) in [6, 6.07) is 0. The first kappa shape index (κ1) is 51.0. The number of ether oxygens (including phenoxy) is 1. The molecule has 1 atom stereocenters. The lowest BCUT2D eigenvalue weighted by Crippen LogP contribution is -2.18. The molecule has 2 rings (SSSR count). The Morgan fingerprint density at radius 3 is 1.49 bits per heavy atom. The van der Waals surface area contributed by atoms with E-state index in [-0.39, 0.29) is 12.5 Å². The lowest BCUT2D eigenvalue weighted by molar-refractivity contribution is 0.0675. The summed E-state index contributed by atoms with van der Waals surface area (Å²) in [7, 11) is 3.92. The molecule has 2 N–H and O–H groups in total. The van der Waals surface area contributed by atoms with Gasteiger partial charge < -0.3 is 24.1 Å². The van der Waals surface area contributed by atoms with Gasteiger partial charge in [0.1, 0.15) is 18.2 Å². The molecule has 2 aromatic rings. The molecule has 0 amide bonds. The number of hydrogen-bond acceptors (Lipinski definition) is 12. The summed E-state index contributed by atoms with van der Waals surface area (Å²) in [5.41, 5.74) is 7.17. The second-order valence-electron chi connectivity index (χ2n) is 14.8. The third-order valence-electron chi connectivity index (χ3n) is 9.64. The molecular formula is C41H78N5O4PS4. The number of anilines is 1. The minimum Gasteiger partial charge on any atom is -0.382 e. The lowest BCUT2D eigenvalue weighted by Gasteiger charge is -2.21. The molecule has 9 nitrogen and oxygen atoms in total. The predicted octanol–water partition coefficient (Wildman–Crippen LogP) is 14.2. The monoisotopic (exact) mass is 863 g/mol. The highest BCUT2D eigenvalue weighted by atomic mass is 33.1. The summed E-state index contributed by atoms with van der Waals surface area (Å²) >= 11 is 0. The van der Waals surface area contributed by atoms with Crippen molar-refractivity contribution in [3.63, 3.8) is 0 Å². The fraction of sp³-hybridized carbons (Fsp3) is 0.878. The van der Waals surface area contributed by atoms with Crippen LogP contribution in [0.5, 0.6) is 0 Å². The van der Waals surface area contributed by atoms with Crippen LogP contribution >= 0.6 is 50.8 Å². The van der Waals surface area contributed by atoms with E-state index in [1.165, 1.54) is 160 Å². The second-order valence-corrected chi connectivity index (χ2v) is 22.2. The molecule has 0 unspecified atom stereocenters. The molecule has 0 spiro atoms. The van der Waals surface area contributed by atoms with Crippen LogP contribution < -0.4 is 5.73 Å². The van der Waals surface area contributed by atoms with Gasteiger partial charge in [0.05, 0.1) is 32.2 Å². The molecule has 55 heavy (non-hydrogen) atoms. The Morgan fingerprint density at radius 2 is 1.04 bits per heavy atom. The molecule has 0 radical (unpaired) electrons. The number of fused-ring (bicyclic) bond motifs is 1. The van der Waals surface area contributed by atoms with E-state index < -0.39 is 7.60 Å². The minimum absolute atomic E-state index is 0.0920. The van der Waals surface area contributed by atoms with Crippen molar-refractivity contribution >= 4 is 67.8 Å². The standard InChI is InChI=1S/C41H78N5O4PS4/c1-4-6-8-10-12-14-16-18-20-22-24-26-30-52-54-32-28-49-51(47,37-48-38(3)34-46-36-45-39-40(42)43-35-44-41(39)46)50-29-33-55-53-31-27-25-23-21-19-17-15-13-11-9-7-5-2/h35-36,38H,4-34,37H2,1-3H3,(H2,42,43,44)/t38-/m1/s1. The molecule has 0 aliphatic heterocycles. The van der Waals surface area contributed by atoms with Crippen molar-refractivity contribution in [1.29, 1.82) is 0 Å². The van der Waals surface area contributed by atoms with Crippen molar-refractivity contribution in [2.24, 2.45) is 0 Å². The van der Waals surface area contributed by atoms with Gasteiger partial charge in [0, 0.05) is 23.0 Å². The average molecular weight is 864 g/mol. The number of nitrogen functional groups attached to an aromatic ring is 1.